The fraction of sp³-hybridized carbons (Fsp3) is 0.0714. The summed E-state index contributed by atoms with van der Waals surface area (Å²) in [6, 6.07) is 26.3. The highest BCUT2D eigenvalue weighted by atomic mass is 32.2. The van der Waals surface area contributed by atoms with E-state index in [1.54, 1.807) is 24.3 Å². The third kappa shape index (κ3) is 6.16. The summed E-state index contributed by atoms with van der Waals surface area (Å²) in [4.78, 5) is 0. The van der Waals surface area contributed by atoms with Crippen LogP contribution < -0.4 is 9.44 Å². The van der Waals surface area contributed by atoms with Gasteiger partial charge in [0.1, 0.15) is 11.5 Å². The van der Waals surface area contributed by atoms with Gasteiger partial charge < -0.3 is 10.2 Å². The molecule has 10 heteroatoms. The molecule has 0 atom stereocenters. The Bertz CT molecular complexity index is 1720. The van der Waals surface area contributed by atoms with Gasteiger partial charge in [-0.05, 0) is 93.3 Å². The van der Waals surface area contributed by atoms with Crippen molar-refractivity contribution in [2.45, 2.75) is 11.5 Å². The molecule has 0 aromatic heterocycles. The van der Waals surface area contributed by atoms with Crippen molar-refractivity contribution in [3.05, 3.63) is 108 Å². The van der Waals surface area contributed by atoms with Crippen molar-refractivity contribution in [2.24, 2.45) is 0 Å². The summed E-state index contributed by atoms with van der Waals surface area (Å²) in [5.41, 5.74) is 1.91. The van der Waals surface area contributed by atoms with Gasteiger partial charge in [0, 0.05) is 11.4 Å². The normalized spacial score (nSPS) is 12.0. The van der Waals surface area contributed by atoms with E-state index in [1.807, 2.05) is 24.3 Å². The molecule has 0 spiro atoms. The smallest absolute Gasteiger partial charge is 0.236 e. The summed E-state index contributed by atoms with van der Waals surface area (Å²) in [6.45, 7) is 0. The van der Waals surface area contributed by atoms with Crippen LogP contribution >= 0.6 is 0 Å². The second-order valence-electron chi connectivity index (χ2n) is 9.03. The highest BCUT2D eigenvalue weighted by Gasteiger charge is 2.14. The highest BCUT2D eigenvalue weighted by molar-refractivity contribution is 7.92. The zero-order chi connectivity index (χ0) is 26.9. The highest BCUT2D eigenvalue weighted by Crippen LogP contribution is 2.27. The Morgan fingerprint density at radius 2 is 0.842 bits per heavy atom. The minimum absolute atomic E-state index is 0.0454. The molecule has 0 fully saturated rings. The molecule has 0 amide bonds. The van der Waals surface area contributed by atoms with E-state index in [9.17, 15) is 27.0 Å². The van der Waals surface area contributed by atoms with Crippen LogP contribution in [0, 0.1) is 0 Å². The van der Waals surface area contributed by atoms with Crippen LogP contribution in [-0.4, -0.2) is 27.0 Å². The molecule has 0 bridgehead atoms. The molecule has 5 aromatic carbocycles. The number of phenols is 2. The molecule has 5 rings (SSSR count). The molecular weight excluding hydrogens is 524 g/mol. The molecule has 0 aliphatic rings. The van der Waals surface area contributed by atoms with E-state index in [4.69, 9.17) is 0 Å². The summed E-state index contributed by atoms with van der Waals surface area (Å²) in [5, 5.41) is 22.3. The number of anilines is 2. The lowest BCUT2D eigenvalue weighted by Crippen LogP contribution is -2.15. The van der Waals surface area contributed by atoms with E-state index in [2.05, 4.69) is 9.44 Å². The lowest BCUT2D eigenvalue weighted by Gasteiger charge is -2.11. The number of rotatable bonds is 8. The van der Waals surface area contributed by atoms with E-state index in [0.717, 1.165) is 21.5 Å². The number of sulfonamides is 2. The number of nitrogens with one attached hydrogen (secondary N) is 2. The van der Waals surface area contributed by atoms with Crippen LogP contribution in [0.4, 0.5) is 11.4 Å². The Kier molecular flexibility index (Phi) is 6.60. The molecule has 0 radical (unpaired) electrons. The monoisotopic (exact) mass is 548 g/mol. The maximum absolute atomic E-state index is 12.7. The number of benzene rings is 5. The molecule has 8 nitrogen and oxygen atoms in total. The van der Waals surface area contributed by atoms with Gasteiger partial charge in [-0.25, -0.2) is 16.8 Å². The van der Waals surface area contributed by atoms with Gasteiger partial charge in [-0.1, -0.05) is 36.4 Å². The first kappa shape index (κ1) is 25.4. The number of phenolic OH excluding ortho intramolecular Hbond substituents is 2. The van der Waals surface area contributed by atoms with Crippen molar-refractivity contribution < 1.29 is 27.0 Å². The van der Waals surface area contributed by atoms with E-state index in [1.165, 1.54) is 48.5 Å². The third-order valence-electron chi connectivity index (χ3n) is 5.92. The maximum atomic E-state index is 12.7. The SMILES string of the molecule is O=S(=O)(Cc1ccc2cc3ccc(CS(=O)(=O)Nc4ccc(O)cc4)cc3cc2c1)Nc1ccc(O)cc1. The molecule has 5 aromatic rings. The fourth-order valence-electron chi connectivity index (χ4n) is 4.21. The van der Waals surface area contributed by atoms with Crippen LogP contribution in [0.3, 0.4) is 0 Å². The molecule has 0 saturated heterocycles. The van der Waals surface area contributed by atoms with Gasteiger partial charge in [-0.15, -0.1) is 0 Å². The first-order valence-electron chi connectivity index (χ1n) is 11.6. The Labute approximate surface area is 220 Å². The zero-order valence-corrected chi connectivity index (χ0v) is 21.6. The van der Waals surface area contributed by atoms with Gasteiger partial charge in [0.05, 0.1) is 11.5 Å². The number of hydrogen-bond donors (Lipinski definition) is 4. The predicted molar refractivity (Wildman–Crippen MR) is 150 cm³/mol. The minimum atomic E-state index is -3.69. The fourth-order valence-corrected chi connectivity index (χ4v) is 6.58. The third-order valence-corrected chi connectivity index (χ3v) is 8.44. The largest absolute Gasteiger partial charge is 0.508 e. The lowest BCUT2D eigenvalue weighted by atomic mass is 10.0. The molecule has 0 saturated carbocycles. The zero-order valence-electron chi connectivity index (χ0n) is 20.0. The topological polar surface area (TPSA) is 133 Å². The van der Waals surface area contributed by atoms with Crippen molar-refractivity contribution in [3.63, 3.8) is 0 Å². The van der Waals surface area contributed by atoms with Gasteiger partial charge in [-0.3, -0.25) is 9.44 Å². The molecular formula is C28H24N2O6S2. The summed E-state index contributed by atoms with van der Waals surface area (Å²) in [7, 11) is -7.37. The van der Waals surface area contributed by atoms with Gasteiger partial charge in [0.15, 0.2) is 0 Å². The number of fused-ring (bicyclic) bond motifs is 2. The van der Waals surface area contributed by atoms with Crippen LogP contribution in [0.1, 0.15) is 11.1 Å². The molecule has 0 aliphatic carbocycles. The predicted octanol–water partition coefficient (Wildman–Crippen LogP) is 5.29. The van der Waals surface area contributed by atoms with Crippen LogP contribution in [0.2, 0.25) is 0 Å². The van der Waals surface area contributed by atoms with Crippen molar-refractivity contribution in [1.82, 2.24) is 0 Å². The molecule has 194 valence electrons. The van der Waals surface area contributed by atoms with E-state index >= 15 is 0 Å². The Morgan fingerprint density at radius 1 is 0.474 bits per heavy atom. The van der Waals surface area contributed by atoms with Crippen LogP contribution in [-0.2, 0) is 31.6 Å². The summed E-state index contributed by atoms with van der Waals surface area (Å²) >= 11 is 0. The quantitative estimate of drug-likeness (QED) is 0.154. The molecule has 0 heterocycles. The Balaban J connectivity index is 1.37. The Hall–Kier alpha value is -4.28. The van der Waals surface area contributed by atoms with Crippen LogP contribution in [0.5, 0.6) is 11.5 Å². The van der Waals surface area contributed by atoms with Crippen molar-refractivity contribution in [3.8, 4) is 11.5 Å². The van der Waals surface area contributed by atoms with Crippen molar-refractivity contribution in [2.75, 3.05) is 9.44 Å². The summed E-state index contributed by atoms with van der Waals surface area (Å²) in [5.74, 6) is -0.375. The minimum Gasteiger partial charge on any atom is -0.508 e. The van der Waals surface area contributed by atoms with E-state index < -0.39 is 20.0 Å². The standard InChI is InChI=1S/C28H24N2O6S2/c31-27-9-5-25(6-10-27)29-37(33,34)17-19-1-3-21-15-22-4-2-20(14-24(22)16-23(21)13-19)18-38(35,36)30-26-7-11-28(32)12-8-26/h1-16,29-32H,17-18H2. The first-order chi connectivity index (χ1) is 18.0. The summed E-state index contributed by atoms with van der Waals surface area (Å²) < 4.78 is 55.7. The summed E-state index contributed by atoms with van der Waals surface area (Å²) in [6.07, 6.45) is 0. The van der Waals surface area contributed by atoms with E-state index in [0.29, 0.717) is 22.5 Å². The second-order valence-corrected chi connectivity index (χ2v) is 12.5. The van der Waals surface area contributed by atoms with Crippen LogP contribution in [0.15, 0.2) is 97.1 Å². The lowest BCUT2D eigenvalue weighted by molar-refractivity contribution is 0.475. The molecule has 4 N–H and O–H groups in total. The molecule has 0 unspecified atom stereocenters. The average molecular weight is 549 g/mol. The van der Waals surface area contributed by atoms with Crippen LogP contribution in [0.25, 0.3) is 21.5 Å². The van der Waals surface area contributed by atoms with Gasteiger partial charge in [0.2, 0.25) is 20.0 Å². The first-order valence-corrected chi connectivity index (χ1v) is 14.9. The van der Waals surface area contributed by atoms with E-state index in [-0.39, 0.29) is 23.0 Å². The number of hydrogen-bond acceptors (Lipinski definition) is 6. The maximum Gasteiger partial charge on any atom is 0.236 e. The van der Waals surface area contributed by atoms with Gasteiger partial charge in [0.25, 0.3) is 0 Å². The number of aromatic hydroxyl groups is 2. The molecule has 38 heavy (non-hydrogen) atoms. The second kappa shape index (κ2) is 9.88. The van der Waals surface area contributed by atoms with Crippen molar-refractivity contribution in [1.29, 1.82) is 0 Å². The average Bonchev–Trinajstić information content (AvgIpc) is 2.85. The van der Waals surface area contributed by atoms with Gasteiger partial charge >= 0.3 is 0 Å². The van der Waals surface area contributed by atoms with Crippen molar-refractivity contribution >= 4 is 53.0 Å². The van der Waals surface area contributed by atoms with Gasteiger partial charge in [-0.2, -0.15) is 0 Å². The Morgan fingerprint density at radius 3 is 1.24 bits per heavy atom. The molecule has 0 aliphatic heterocycles.